The lowest BCUT2D eigenvalue weighted by molar-refractivity contribution is -0.274. The average molecular weight is 476 g/mol. The molecule has 178 valence electrons. The van der Waals surface area contributed by atoms with Gasteiger partial charge in [-0.3, -0.25) is 14.9 Å². The molecule has 0 radical (unpaired) electrons. The molecule has 0 spiro atoms. The zero-order valence-electron chi connectivity index (χ0n) is 17.8. The van der Waals surface area contributed by atoms with E-state index in [-0.39, 0.29) is 43.1 Å². The summed E-state index contributed by atoms with van der Waals surface area (Å²) in [6.45, 7) is 1.78. The molecule has 1 aliphatic heterocycles. The maximum atomic E-state index is 12.4. The molecule has 1 N–H and O–H groups in total. The zero-order chi connectivity index (χ0) is 24.3. The Hall–Kier alpha value is -4.09. The van der Waals surface area contributed by atoms with Gasteiger partial charge in [-0.2, -0.15) is 0 Å². The fourth-order valence-electron chi connectivity index (χ4n) is 3.42. The molecule has 4 rings (SSSR count). The van der Waals surface area contributed by atoms with E-state index < -0.39 is 18.2 Å². The van der Waals surface area contributed by atoms with Crippen molar-refractivity contribution in [3.8, 4) is 11.5 Å². The molecule has 2 aromatic carbocycles. The van der Waals surface area contributed by atoms with E-state index in [1.165, 1.54) is 17.0 Å². The van der Waals surface area contributed by atoms with Gasteiger partial charge in [-0.15, -0.1) is 18.3 Å². The third-order valence-corrected chi connectivity index (χ3v) is 5.00. The number of alkyl halides is 3. The van der Waals surface area contributed by atoms with Gasteiger partial charge in [0.1, 0.15) is 11.5 Å². The molecule has 1 aliphatic rings. The molecular weight excluding hydrogens is 457 g/mol. The van der Waals surface area contributed by atoms with Crippen molar-refractivity contribution in [2.24, 2.45) is 0 Å². The van der Waals surface area contributed by atoms with Gasteiger partial charge in [0, 0.05) is 18.7 Å². The Morgan fingerprint density at radius 2 is 1.91 bits per heavy atom. The van der Waals surface area contributed by atoms with E-state index in [1.807, 2.05) is 19.1 Å². The number of rotatable bonds is 7. The highest BCUT2D eigenvalue weighted by atomic mass is 19.4. The zero-order valence-corrected chi connectivity index (χ0v) is 17.8. The molecule has 2 amide bonds. The van der Waals surface area contributed by atoms with Crippen molar-refractivity contribution < 1.29 is 36.7 Å². The summed E-state index contributed by atoms with van der Waals surface area (Å²) < 4.78 is 51.7. The normalized spacial score (nSPS) is 15.9. The van der Waals surface area contributed by atoms with Gasteiger partial charge in [0.15, 0.2) is 6.61 Å². The summed E-state index contributed by atoms with van der Waals surface area (Å²) in [6.07, 6.45) is -4.74. The van der Waals surface area contributed by atoms with Crippen LogP contribution in [0.1, 0.15) is 23.8 Å². The van der Waals surface area contributed by atoms with Crippen molar-refractivity contribution in [1.82, 2.24) is 10.2 Å². The largest absolute Gasteiger partial charge is 0.573 e. The van der Waals surface area contributed by atoms with Crippen molar-refractivity contribution in [3.05, 3.63) is 60.0 Å². The summed E-state index contributed by atoms with van der Waals surface area (Å²) in [5.74, 6) is -0.855. The number of hydrogen-bond donors (Lipinski definition) is 1. The van der Waals surface area contributed by atoms with Crippen LogP contribution < -0.4 is 19.7 Å². The van der Waals surface area contributed by atoms with Crippen molar-refractivity contribution in [3.63, 3.8) is 0 Å². The summed E-state index contributed by atoms with van der Waals surface area (Å²) in [6, 6.07) is 12.1. The number of ether oxygens (including phenoxy) is 2. The quantitative estimate of drug-likeness (QED) is 0.553. The van der Waals surface area contributed by atoms with E-state index >= 15 is 0 Å². The van der Waals surface area contributed by atoms with Crippen LogP contribution in [0.25, 0.3) is 0 Å². The van der Waals surface area contributed by atoms with Gasteiger partial charge in [0.25, 0.3) is 5.91 Å². The topological polar surface area (TPSA) is 107 Å². The van der Waals surface area contributed by atoms with Gasteiger partial charge in [-0.05, 0) is 42.8 Å². The number of carbonyl (C=O) groups is 2. The Morgan fingerprint density at radius 1 is 1.18 bits per heavy atom. The van der Waals surface area contributed by atoms with Crippen LogP contribution in [-0.4, -0.2) is 41.5 Å². The summed E-state index contributed by atoms with van der Waals surface area (Å²) >= 11 is 0. The molecule has 1 saturated heterocycles. The highest BCUT2D eigenvalue weighted by Gasteiger charge is 2.35. The first-order valence-electron chi connectivity index (χ1n) is 10.2. The van der Waals surface area contributed by atoms with Crippen LogP contribution in [0.2, 0.25) is 0 Å². The molecular formula is C22H19F3N4O5. The Bertz CT molecular complexity index is 1180. The molecule has 9 nitrogen and oxygen atoms in total. The minimum absolute atomic E-state index is 0.0623. The number of aryl methyl sites for hydroxylation is 1. The minimum Gasteiger partial charge on any atom is -0.483 e. The van der Waals surface area contributed by atoms with Crippen molar-refractivity contribution >= 4 is 23.5 Å². The summed E-state index contributed by atoms with van der Waals surface area (Å²) in [5.41, 5.74) is 1.29. The first-order valence-corrected chi connectivity index (χ1v) is 10.2. The van der Waals surface area contributed by atoms with Gasteiger partial charge in [-0.1, -0.05) is 23.3 Å². The molecule has 1 atom stereocenters. The SMILES string of the molecule is Cc1ccccc1OCC(=O)Nc1nnc(C2CC(=O)N(c3ccc(OC(F)(F)F)cc3)C2)o1. The lowest BCUT2D eigenvalue weighted by Crippen LogP contribution is -2.24. The molecule has 12 heteroatoms. The second kappa shape index (κ2) is 9.41. The Kier molecular flexibility index (Phi) is 6.39. The number of benzene rings is 2. The van der Waals surface area contributed by atoms with Crippen LogP contribution in [0, 0.1) is 6.92 Å². The van der Waals surface area contributed by atoms with Crippen LogP contribution in [-0.2, 0) is 9.59 Å². The Labute approximate surface area is 191 Å². The maximum absolute atomic E-state index is 12.4. The highest BCUT2D eigenvalue weighted by molar-refractivity contribution is 5.96. The van der Waals surface area contributed by atoms with E-state index in [1.54, 1.807) is 12.1 Å². The number of nitrogens with one attached hydrogen (secondary N) is 1. The first-order chi connectivity index (χ1) is 16.2. The van der Waals surface area contributed by atoms with Crippen LogP contribution in [0.15, 0.2) is 52.9 Å². The average Bonchev–Trinajstić information content (AvgIpc) is 3.39. The molecule has 0 bridgehead atoms. The van der Waals surface area contributed by atoms with Gasteiger partial charge < -0.3 is 18.8 Å². The van der Waals surface area contributed by atoms with Crippen molar-refractivity contribution in [1.29, 1.82) is 0 Å². The number of nitrogens with zero attached hydrogens (tertiary/aromatic N) is 3. The lowest BCUT2D eigenvalue weighted by atomic mass is 10.1. The monoisotopic (exact) mass is 476 g/mol. The summed E-state index contributed by atoms with van der Waals surface area (Å²) in [5, 5.41) is 10.1. The first kappa shape index (κ1) is 23.1. The van der Waals surface area contributed by atoms with Crippen LogP contribution in [0.5, 0.6) is 11.5 Å². The van der Waals surface area contributed by atoms with Gasteiger partial charge in [0.05, 0.1) is 5.92 Å². The van der Waals surface area contributed by atoms with Crippen molar-refractivity contribution in [2.45, 2.75) is 25.6 Å². The van der Waals surface area contributed by atoms with E-state index in [0.717, 1.165) is 17.7 Å². The molecule has 1 fully saturated rings. The fourth-order valence-corrected chi connectivity index (χ4v) is 3.42. The summed E-state index contributed by atoms with van der Waals surface area (Å²) in [4.78, 5) is 26.0. The van der Waals surface area contributed by atoms with Gasteiger partial charge in [-0.25, -0.2) is 0 Å². The predicted octanol–water partition coefficient (Wildman–Crippen LogP) is 3.81. The molecule has 0 saturated carbocycles. The number of amides is 2. The maximum Gasteiger partial charge on any atom is 0.573 e. The molecule has 34 heavy (non-hydrogen) atoms. The summed E-state index contributed by atoms with van der Waals surface area (Å²) in [7, 11) is 0. The van der Waals surface area contributed by atoms with E-state index in [2.05, 4.69) is 20.3 Å². The number of aromatic nitrogens is 2. The second-order valence-electron chi connectivity index (χ2n) is 7.49. The Morgan fingerprint density at radius 3 is 2.62 bits per heavy atom. The smallest absolute Gasteiger partial charge is 0.483 e. The van der Waals surface area contributed by atoms with E-state index in [9.17, 15) is 22.8 Å². The number of anilines is 2. The standard InChI is InChI=1S/C22H19F3N4O5/c1-13-4-2-3-5-17(13)32-12-18(30)26-21-28-27-20(33-21)14-10-19(31)29(11-14)15-6-8-16(9-7-15)34-22(23,24)25/h2-9,14H,10-12H2,1H3,(H,26,28,30). The third kappa shape index (κ3) is 5.63. The minimum atomic E-state index is -4.80. The third-order valence-electron chi connectivity index (χ3n) is 5.00. The molecule has 1 unspecified atom stereocenters. The number of carbonyl (C=O) groups excluding carboxylic acids is 2. The van der Waals surface area contributed by atoms with Gasteiger partial charge >= 0.3 is 12.4 Å². The molecule has 3 aromatic rings. The lowest BCUT2D eigenvalue weighted by Gasteiger charge is -2.17. The van der Waals surface area contributed by atoms with Crippen LogP contribution in [0.4, 0.5) is 24.9 Å². The number of halogens is 3. The Balaban J connectivity index is 1.33. The van der Waals surface area contributed by atoms with Gasteiger partial charge in [0.2, 0.25) is 11.8 Å². The van der Waals surface area contributed by atoms with E-state index in [0.29, 0.717) is 11.4 Å². The second-order valence-corrected chi connectivity index (χ2v) is 7.49. The number of hydrogen-bond acceptors (Lipinski definition) is 7. The fraction of sp³-hybridized carbons (Fsp3) is 0.273. The van der Waals surface area contributed by atoms with E-state index in [4.69, 9.17) is 9.15 Å². The van der Waals surface area contributed by atoms with Crippen LogP contribution >= 0.6 is 0 Å². The molecule has 2 heterocycles. The molecule has 0 aliphatic carbocycles. The van der Waals surface area contributed by atoms with Crippen LogP contribution in [0.3, 0.4) is 0 Å². The number of para-hydroxylation sites is 1. The molecule has 1 aromatic heterocycles. The predicted molar refractivity (Wildman–Crippen MR) is 112 cm³/mol. The van der Waals surface area contributed by atoms with Crippen molar-refractivity contribution in [2.75, 3.05) is 23.4 Å². The highest BCUT2D eigenvalue weighted by Crippen LogP contribution is 2.33.